The van der Waals surface area contributed by atoms with Crippen molar-refractivity contribution < 1.29 is 4.79 Å². The zero-order chi connectivity index (χ0) is 13.2. The van der Waals surface area contributed by atoms with Gasteiger partial charge in [0.1, 0.15) is 0 Å². The van der Waals surface area contributed by atoms with Crippen LogP contribution in [0.5, 0.6) is 0 Å². The number of thiazole rings is 1. The van der Waals surface area contributed by atoms with Gasteiger partial charge in [-0.25, -0.2) is 4.98 Å². The van der Waals surface area contributed by atoms with Crippen molar-refractivity contribution in [1.82, 2.24) is 10.3 Å². The summed E-state index contributed by atoms with van der Waals surface area (Å²) in [6.07, 6.45) is 0.899. The maximum absolute atomic E-state index is 11.8. The minimum absolute atomic E-state index is 0. The Morgan fingerprint density at radius 2 is 2.30 bits per heavy atom. The first-order chi connectivity index (χ1) is 9.22. The number of halogens is 2. The van der Waals surface area contributed by atoms with Crippen LogP contribution in [0.3, 0.4) is 0 Å². The van der Waals surface area contributed by atoms with Gasteiger partial charge in [0.15, 0.2) is 5.13 Å². The van der Waals surface area contributed by atoms with E-state index in [4.69, 9.17) is 0 Å². The summed E-state index contributed by atoms with van der Waals surface area (Å²) < 4.78 is 1.02. The fourth-order valence-corrected chi connectivity index (χ4v) is 2.94. The monoisotopic (exact) mass is 373 g/mol. The predicted molar refractivity (Wildman–Crippen MR) is 87.5 cm³/mol. The summed E-state index contributed by atoms with van der Waals surface area (Å²) in [7, 11) is 0. The minimum atomic E-state index is -0.0572. The average Bonchev–Trinajstić information content (AvgIpc) is 2.75. The number of hydrogen-bond donors (Lipinski definition) is 2. The largest absolute Gasteiger partial charge is 0.306 e. The predicted octanol–water partition coefficient (Wildman–Crippen LogP) is 3.29. The molecule has 1 aliphatic rings. The van der Waals surface area contributed by atoms with Crippen molar-refractivity contribution in [2.75, 3.05) is 11.9 Å². The van der Waals surface area contributed by atoms with E-state index in [1.54, 1.807) is 0 Å². The quantitative estimate of drug-likeness (QED) is 0.867. The summed E-state index contributed by atoms with van der Waals surface area (Å²) in [5.74, 6) is 0.00129. The third-order valence-corrected chi connectivity index (χ3v) is 4.25. The van der Waals surface area contributed by atoms with Gasteiger partial charge in [0.25, 0.3) is 0 Å². The maximum Gasteiger partial charge on any atom is 0.243 e. The van der Waals surface area contributed by atoms with Crippen molar-refractivity contribution in [2.45, 2.75) is 12.5 Å². The number of carbonyl (C=O) groups excluding carboxylic acids is 1. The minimum Gasteiger partial charge on any atom is -0.306 e. The van der Waals surface area contributed by atoms with Gasteiger partial charge in [-0.2, -0.15) is 0 Å². The van der Waals surface area contributed by atoms with Gasteiger partial charge in [-0.1, -0.05) is 28.1 Å². The molecule has 0 spiro atoms. The van der Waals surface area contributed by atoms with Gasteiger partial charge in [0.05, 0.1) is 11.7 Å². The normalized spacial score (nSPS) is 16.9. The van der Waals surface area contributed by atoms with Crippen molar-refractivity contribution in [3.8, 4) is 11.3 Å². The standard InChI is InChI=1S/C13H12BrN3OS.ClH/c14-9-3-1-2-8(6-9)11-7-19-13(16-11)17-12(18)10-4-5-15-10;/h1-3,6-7,10,15H,4-5H2,(H,16,17,18);1H/t10-;/m0./s1. The SMILES string of the molecule is Cl.O=C(Nc1nc(-c2cccc(Br)c2)cs1)[C@@H]1CCN1. The van der Waals surface area contributed by atoms with E-state index in [1.807, 2.05) is 29.6 Å². The van der Waals surface area contributed by atoms with Gasteiger partial charge < -0.3 is 10.6 Å². The lowest BCUT2D eigenvalue weighted by Crippen LogP contribution is -2.50. The molecule has 106 valence electrons. The van der Waals surface area contributed by atoms with Crippen LogP contribution in [0.15, 0.2) is 34.1 Å². The first-order valence-corrected chi connectivity index (χ1v) is 7.65. The van der Waals surface area contributed by atoms with E-state index >= 15 is 0 Å². The van der Waals surface area contributed by atoms with Gasteiger partial charge in [-0.15, -0.1) is 23.7 Å². The average molecular weight is 375 g/mol. The van der Waals surface area contributed by atoms with Crippen LogP contribution in [0, 0.1) is 0 Å². The Labute approximate surface area is 135 Å². The van der Waals surface area contributed by atoms with Crippen LogP contribution in [0.1, 0.15) is 6.42 Å². The van der Waals surface area contributed by atoms with Crippen LogP contribution in [0.2, 0.25) is 0 Å². The van der Waals surface area contributed by atoms with Crippen LogP contribution in [0.4, 0.5) is 5.13 Å². The number of aromatic nitrogens is 1. The number of nitrogens with zero attached hydrogens (tertiary/aromatic N) is 1. The van der Waals surface area contributed by atoms with Gasteiger partial charge in [0, 0.05) is 15.4 Å². The van der Waals surface area contributed by atoms with E-state index in [2.05, 4.69) is 31.5 Å². The van der Waals surface area contributed by atoms with Crippen LogP contribution in [0.25, 0.3) is 11.3 Å². The lowest BCUT2D eigenvalue weighted by molar-refractivity contribution is -0.119. The zero-order valence-corrected chi connectivity index (χ0v) is 13.6. The fourth-order valence-electron chi connectivity index (χ4n) is 1.82. The van der Waals surface area contributed by atoms with Crippen LogP contribution < -0.4 is 10.6 Å². The van der Waals surface area contributed by atoms with Crippen LogP contribution >= 0.6 is 39.7 Å². The molecule has 2 aromatic rings. The molecule has 7 heteroatoms. The number of amides is 1. The van der Waals surface area contributed by atoms with E-state index in [9.17, 15) is 4.79 Å². The van der Waals surface area contributed by atoms with Crippen molar-refractivity contribution in [1.29, 1.82) is 0 Å². The Morgan fingerprint density at radius 3 is 2.95 bits per heavy atom. The summed E-state index contributed by atoms with van der Waals surface area (Å²) in [6, 6.07) is 7.89. The number of rotatable bonds is 3. The highest BCUT2D eigenvalue weighted by Crippen LogP contribution is 2.27. The van der Waals surface area contributed by atoms with Crippen molar-refractivity contribution >= 4 is 50.7 Å². The molecule has 3 rings (SSSR count). The van der Waals surface area contributed by atoms with Gasteiger partial charge in [-0.05, 0) is 25.1 Å². The van der Waals surface area contributed by atoms with Gasteiger partial charge in [0.2, 0.25) is 5.91 Å². The Hall–Kier alpha value is -0.950. The molecule has 1 amide bonds. The van der Waals surface area contributed by atoms with Crippen LogP contribution in [-0.2, 0) is 4.79 Å². The molecule has 0 saturated carbocycles. The number of anilines is 1. The highest BCUT2D eigenvalue weighted by atomic mass is 79.9. The molecule has 0 bridgehead atoms. The van der Waals surface area contributed by atoms with Gasteiger partial charge in [-0.3, -0.25) is 4.79 Å². The molecule has 1 aliphatic heterocycles. The molecule has 0 radical (unpaired) electrons. The first kappa shape index (κ1) is 15.4. The second-order valence-electron chi connectivity index (χ2n) is 4.33. The van der Waals surface area contributed by atoms with Gasteiger partial charge >= 0.3 is 0 Å². The number of hydrogen-bond acceptors (Lipinski definition) is 4. The maximum atomic E-state index is 11.8. The van der Waals surface area contributed by atoms with E-state index in [0.29, 0.717) is 5.13 Å². The van der Waals surface area contributed by atoms with Crippen molar-refractivity contribution in [3.63, 3.8) is 0 Å². The molecule has 1 saturated heterocycles. The highest BCUT2D eigenvalue weighted by Gasteiger charge is 2.25. The third kappa shape index (κ3) is 3.38. The zero-order valence-electron chi connectivity index (χ0n) is 10.4. The topological polar surface area (TPSA) is 54.0 Å². The van der Waals surface area contributed by atoms with E-state index in [1.165, 1.54) is 11.3 Å². The summed E-state index contributed by atoms with van der Waals surface area (Å²) in [5, 5.41) is 8.51. The molecular weight excluding hydrogens is 362 g/mol. The Morgan fingerprint density at radius 1 is 1.50 bits per heavy atom. The van der Waals surface area contributed by atoms with Crippen molar-refractivity contribution in [2.24, 2.45) is 0 Å². The molecular formula is C13H13BrClN3OS. The fraction of sp³-hybridized carbons (Fsp3) is 0.231. The van der Waals surface area contributed by atoms with E-state index in [-0.39, 0.29) is 24.4 Å². The Kier molecular flexibility index (Phi) is 5.15. The highest BCUT2D eigenvalue weighted by molar-refractivity contribution is 9.10. The van der Waals surface area contributed by atoms with Crippen LogP contribution in [-0.4, -0.2) is 23.5 Å². The molecule has 2 N–H and O–H groups in total. The number of carbonyl (C=O) groups is 1. The molecule has 1 atom stereocenters. The molecule has 4 nitrogen and oxygen atoms in total. The smallest absolute Gasteiger partial charge is 0.243 e. The summed E-state index contributed by atoms with van der Waals surface area (Å²) >= 11 is 4.88. The molecule has 0 aliphatic carbocycles. The first-order valence-electron chi connectivity index (χ1n) is 5.98. The molecule has 1 aromatic heterocycles. The third-order valence-electron chi connectivity index (χ3n) is 2.99. The molecule has 1 aromatic carbocycles. The summed E-state index contributed by atoms with van der Waals surface area (Å²) in [6.45, 7) is 0.916. The number of benzene rings is 1. The lowest BCUT2D eigenvalue weighted by Gasteiger charge is -2.25. The molecule has 2 heterocycles. The second kappa shape index (κ2) is 6.67. The Bertz CT molecular complexity index is 615. The summed E-state index contributed by atoms with van der Waals surface area (Å²) in [4.78, 5) is 16.2. The molecule has 20 heavy (non-hydrogen) atoms. The summed E-state index contributed by atoms with van der Waals surface area (Å²) in [5.41, 5.74) is 1.91. The molecule has 0 unspecified atom stereocenters. The second-order valence-corrected chi connectivity index (χ2v) is 6.11. The molecule has 1 fully saturated rings. The van der Waals surface area contributed by atoms with E-state index in [0.717, 1.165) is 28.7 Å². The lowest BCUT2D eigenvalue weighted by atomic mass is 10.1. The number of nitrogens with one attached hydrogen (secondary N) is 2. The Balaban J connectivity index is 0.00000147. The van der Waals surface area contributed by atoms with E-state index < -0.39 is 0 Å². The van der Waals surface area contributed by atoms with Crippen molar-refractivity contribution in [3.05, 3.63) is 34.1 Å².